The Balaban J connectivity index is 1.92. The second kappa shape index (κ2) is 11.0. The summed E-state index contributed by atoms with van der Waals surface area (Å²) in [5.74, 6) is -0.784. The second-order valence-electron chi connectivity index (χ2n) is 7.42. The van der Waals surface area contributed by atoms with Crippen LogP contribution in [0.4, 0.5) is 4.39 Å². The van der Waals surface area contributed by atoms with Gasteiger partial charge in [-0.2, -0.15) is 0 Å². The molecule has 5 heteroatoms. The minimum atomic E-state index is -0.913. The van der Waals surface area contributed by atoms with E-state index >= 15 is 0 Å². The third-order valence-electron chi connectivity index (χ3n) is 5.21. The van der Waals surface area contributed by atoms with Crippen LogP contribution in [0.25, 0.3) is 10.9 Å². The Morgan fingerprint density at radius 3 is 2.52 bits per heavy atom. The first kappa shape index (κ1) is 21.3. The van der Waals surface area contributed by atoms with Crippen LogP contribution in [0.1, 0.15) is 77.2 Å². The largest absolute Gasteiger partial charge is 0.506 e. The third kappa shape index (κ3) is 6.56. The number of rotatable bonds is 13. The SMILES string of the molecule is CCCCCCCCC(F)CCC(CC(=O)O)n1cc(O)c2ccccc21. The van der Waals surface area contributed by atoms with Crippen LogP contribution in [-0.4, -0.2) is 26.9 Å². The van der Waals surface area contributed by atoms with Crippen molar-refractivity contribution in [1.29, 1.82) is 0 Å². The highest BCUT2D eigenvalue weighted by atomic mass is 19.1. The lowest BCUT2D eigenvalue weighted by atomic mass is 10.0. The number of halogens is 1. The molecule has 2 rings (SSSR count). The van der Waals surface area contributed by atoms with E-state index in [9.17, 15) is 19.4 Å². The van der Waals surface area contributed by atoms with Gasteiger partial charge in [0.2, 0.25) is 0 Å². The number of hydrogen-bond acceptors (Lipinski definition) is 2. The van der Waals surface area contributed by atoms with Crippen LogP contribution in [0.3, 0.4) is 0 Å². The number of unbranched alkanes of at least 4 members (excludes halogenated alkanes) is 5. The maximum Gasteiger partial charge on any atom is 0.305 e. The molecule has 0 fully saturated rings. The molecule has 0 aliphatic carbocycles. The molecule has 0 saturated heterocycles. The van der Waals surface area contributed by atoms with Gasteiger partial charge in [0.15, 0.2) is 0 Å². The highest BCUT2D eigenvalue weighted by Gasteiger charge is 2.20. The first-order chi connectivity index (χ1) is 13.0. The van der Waals surface area contributed by atoms with E-state index in [0.717, 1.165) is 24.8 Å². The predicted octanol–water partition coefficient (Wildman–Crippen LogP) is 6.23. The predicted molar refractivity (Wildman–Crippen MR) is 107 cm³/mol. The van der Waals surface area contributed by atoms with Gasteiger partial charge in [-0.25, -0.2) is 4.39 Å². The van der Waals surface area contributed by atoms with E-state index in [-0.39, 0.29) is 18.2 Å². The number of alkyl halides is 1. The number of hydrogen-bond donors (Lipinski definition) is 2. The molecule has 1 aromatic heterocycles. The molecule has 0 aliphatic rings. The Labute approximate surface area is 161 Å². The van der Waals surface area contributed by atoms with Gasteiger partial charge in [-0.15, -0.1) is 0 Å². The van der Waals surface area contributed by atoms with Crippen molar-refractivity contribution in [3.05, 3.63) is 30.5 Å². The molecular weight excluding hydrogens is 345 g/mol. The average molecular weight is 378 g/mol. The number of aromatic hydroxyl groups is 1. The zero-order valence-corrected chi connectivity index (χ0v) is 16.2. The lowest BCUT2D eigenvalue weighted by molar-refractivity contribution is -0.138. The molecule has 0 spiro atoms. The molecule has 1 aromatic carbocycles. The molecular formula is C22H32FNO3. The maximum atomic E-state index is 14.3. The van der Waals surface area contributed by atoms with Crippen molar-refractivity contribution in [3.63, 3.8) is 0 Å². The van der Waals surface area contributed by atoms with Gasteiger partial charge < -0.3 is 14.8 Å². The van der Waals surface area contributed by atoms with Crippen molar-refractivity contribution < 1.29 is 19.4 Å². The molecule has 27 heavy (non-hydrogen) atoms. The maximum absolute atomic E-state index is 14.3. The molecule has 4 nitrogen and oxygen atoms in total. The van der Waals surface area contributed by atoms with Crippen molar-refractivity contribution >= 4 is 16.9 Å². The molecule has 1 heterocycles. The van der Waals surface area contributed by atoms with Gasteiger partial charge in [-0.3, -0.25) is 4.79 Å². The summed E-state index contributed by atoms with van der Waals surface area (Å²) in [4.78, 5) is 11.3. The Morgan fingerprint density at radius 1 is 1.07 bits per heavy atom. The van der Waals surface area contributed by atoms with E-state index in [2.05, 4.69) is 6.92 Å². The molecule has 2 atom stereocenters. The summed E-state index contributed by atoms with van der Waals surface area (Å²) in [6.07, 6.45) is 8.72. The minimum Gasteiger partial charge on any atom is -0.506 e. The third-order valence-corrected chi connectivity index (χ3v) is 5.21. The van der Waals surface area contributed by atoms with Gasteiger partial charge in [0.05, 0.1) is 11.9 Å². The van der Waals surface area contributed by atoms with Crippen molar-refractivity contribution in [3.8, 4) is 5.75 Å². The van der Waals surface area contributed by atoms with Crippen molar-refractivity contribution in [1.82, 2.24) is 4.57 Å². The van der Waals surface area contributed by atoms with E-state index in [1.807, 2.05) is 18.2 Å². The van der Waals surface area contributed by atoms with Crippen LogP contribution in [0, 0.1) is 0 Å². The lowest BCUT2D eigenvalue weighted by Crippen LogP contribution is -2.15. The van der Waals surface area contributed by atoms with E-state index in [0.29, 0.717) is 24.6 Å². The number of aliphatic carboxylic acids is 1. The average Bonchev–Trinajstić information content (AvgIpc) is 2.98. The summed E-state index contributed by atoms with van der Waals surface area (Å²) in [6.45, 7) is 2.18. The fourth-order valence-corrected chi connectivity index (χ4v) is 3.69. The topological polar surface area (TPSA) is 62.5 Å². The number of nitrogens with zero attached hydrogens (tertiary/aromatic N) is 1. The second-order valence-corrected chi connectivity index (χ2v) is 7.42. The first-order valence-corrected chi connectivity index (χ1v) is 10.2. The van der Waals surface area contributed by atoms with E-state index < -0.39 is 12.1 Å². The number of fused-ring (bicyclic) bond motifs is 1. The van der Waals surface area contributed by atoms with Crippen LogP contribution in [-0.2, 0) is 4.79 Å². The number of para-hydroxylation sites is 1. The highest BCUT2D eigenvalue weighted by Crippen LogP contribution is 2.33. The molecule has 0 bridgehead atoms. The van der Waals surface area contributed by atoms with E-state index in [1.165, 1.54) is 19.3 Å². The minimum absolute atomic E-state index is 0.0815. The summed E-state index contributed by atoms with van der Waals surface area (Å²) in [6, 6.07) is 6.97. The standard InChI is InChI=1S/C22H32FNO3/c1-2-3-4-5-6-7-10-17(23)13-14-18(15-22(26)27)24-16-21(25)19-11-8-9-12-20(19)24/h8-9,11-12,16-18,25H,2-7,10,13-15H2,1H3,(H,26,27). The van der Waals surface area contributed by atoms with Crippen molar-refractivity contribution in [2.45, 2.75) is 83.3 Å². The highest BCUT2D eigenvalue weighted by molar-refractivity contribution is 5.86. The van der Waals surface area contributed by atoms with Gasteiger partial charge in [0, 0.05) is 17.6 Å². The number of carboxylic acid groups (broad SMARTS) is 1. The van der Waals surface area contributed by atoms with Gasteiger partial charge in [-0.1, -0.05) is 57.6 Å². The molecule has 0 aliphatic heterocycles. The van der Waals surface area contributed by atoms with Crippen LogP contribution < -0.4 is 0 Å². The van der Waals surface area contributed by atoms with Gasteiger partial charge >= 0.3 is 5.97 Å². The molecule has 2 aromatic rings. The van der Waals surface area contributed by atoms with Gasteiger partial charge in [-0.05, 0) is 31.4 Å². The first-order valence-electron chi connectivity index (χ1n) is 10.2. The van der Waals surface area contributed by atoms with Crippen LogP contribution in [0.2, 0.25) is 0 Å². The van der Waals surface area contributed by atoms with Crippen LogP contribution >= 0.6 is 0 Å². The Hall–Kier alpha value is -2.04. The number of carbonyl (C=O) groups is 1. The lowest BCUT2D eigenvalue weighted by Gasteiger charge is -2.19. The van der Waals surface area contributed by atoms with Gasteiger partial charge in [0.1, 0.15) is 11.9 Å². The number of aromatic nitrogens is 1. The van der Waals surface area contributed by atoms with Crippen molar-refractivity contribution in [2.75, 3.05) is 0 Å². The Morgan fingerprint density at radius 2 is 1.78 bits per heavy atom. The summed E-state index contributed by atoms with van der Waals surface area (Å²) in [7, 11) is 0. The summed E-state index contributed by atoms with van der Waals surface area (Å²) >= 11 is 0. The van der Waals surface area contributed by atoms with E-state index in [1.54, 1.807) is 16.8 Å². The monoisotopic (exact) mass is 377 g/mol. The number of benzene rings is 1. The Kier molecular flexibility index (Phi) is 8.62. The smallest absolute Gasteiger partial charge is 0.305 e. The zero-order chi connectivity index (χ0) is 19.6. The quantitative estimate of drug-likeness (QED) is 0.407. The summed E-state index contributed by atoms with van der Waals surface area (Å²) in [5, 5.41) is 20.1. The molecule has 0 radical (unpaired) electrons. The normalized spacial score (nSPS) is 13.7. The van der Waals surface area contributed by atoms with E-state index in [4.69, 9.17) is 0 Å². The van der Waals surface area contributed by atoms with Crippen LogP contribution in [0.5, 0.6) is 5.75 Å². The van der Waals surface area contributed by atoms with Gasteiger partial charge in [0.25, 0.3) is 0 Å². The van der Waals surface area contributed by atoms with Crippen molar-refractivity contribution in [2.24, 2.45) is 0 Å². The molecule has 2 N–H and O–H groups in total. The number of carboxylic acids is 1. The molecule has 0 amide bonds. The fourth-order valence-electron chi connectivity index (χ4n) is 3.69. The summed E-state index contributed by atoms with van der Waals surface area (Å²) in [5.41, 5.74) is 0.785. The van der Waals surface area contributed by atoms with Crippen LogP contribution in [0.15, 0.2) is 30.5 Å². The molecule has 2 unspecified atom stereocenters. The molecule has 150 valence electrons. The fraction of sp³-hybridized carbons (Fsp3) is 0.591. The Bertz CT molecular complexity index is 713. The molecule has 0 saturated carbocycles. The summed E-state index contributed by atoms with van der Waals surface area (Å²) < 4.78 is 16.1. The zero-order valence-electron chi connectivity index (χ0n) is 16.2.